The maximum atomic E-state index is 14.0. The Morgan fingerprint density at radius 3 is 1.17 bits per heavy atom. The van der Waals surface area contributed by atoms with Gasteiger partial charge >= 0.3 is 11.9 Å². The van der Waals surface area contributed by atoms with Crippen molar-refractivity contribution in [1.82, 2.24) is 0 Å². The van der Waals surface area contributed by atoms with Crippen LogP contribution in [0.2, 0.25) is 0 Å². The summed E-state index contributed by atoms with van der Waals surface area (Å²) in [5, 5.41) is 2.28. The van der Waals surface area contributed by atoms with Gasteiger partial charge in [0, 0.05) is 21.9 Å². The zero-order valence-electron chi connectivity index (χ0n) is 30.3. The molecule has 0 saturated heterocycles. The molecule has 54 heavy (non-hydrogen) atoms. The van der Waals surface area contributed by atoms with E-state index in [0.29, 0.717) is 44.2 Å². The molecular weight excluding hydrogens is 918 g/mol. The van der Waals surface area contributed by atoms with Crippen molar-refractivity contribution in [3.05, 3.63) is 114 Å². The van der Waals surface area contributed by atoms with Crippen molar-refractivity contribution in [2.45, 2.75) is 13.2 Å². The number of esters is 2. The number of halogens is 2. The minimum atomic E-state index is -0.704. The fourth-order valence-corrected chi connectivity index (χ4v) is 7.80. The van der Waals surface area contributed by atoms with Crippen LogP contribution in [0.4, 0.5) is 0 Å². The first-order valence-electron chi connectivity index (χ1n) is 16.5. The van der Waals surface area contributed by atoms with E-state index >= 15 is 0 Å². The average Bonchev–Trinajstić information content (AvgIpc) is 3.20. The molecule has 6 rings (SSSR count). The highest BCUT2D eigenvalue weighted by atomic mass is 127. The van der Waals surface area contributed by atoms with E-state index in [2.05, 4.69) is 45.2 Å². The maximum Gasteiger partial charge on any atom is 0.345 e. The lowest BCUT2D eigenvalue weighted by Crippen LogP contribution is -2.13. The highest BCUT2D eigenvalue weighted by Gasteiger charge is 2.35. The Kier molecular flexibility index (Phi) is 12.2. The molecule has 0 spiro atoms. The Bertz CT molecular complexity index is 2200. The van der Waals surface area contributed by atoms with E-state index in [1.54, 1.807) is 26.4 Å². The van der Waals surface area contributed by atoms with Crippen molar-refractivity contribution in [1.29, 1.82) is 0 Å². The summed E-state index contributed by atoms with van der Waals surface area (Å²) in [4.78, 5) is 28.1. The van der Waals surface area contributed by atoms with Gasteiger partial charge in [-0.1, -0.05) is 60.7 Å². The van der Waals surface area contributed by atoms with Gasteiger partial charge in [-0.05, 0) is 91.3 Å². The number of carbonyl (C=O) groups excluding carboxylic acids is 2. The second kappa shape index (κ2) is 17.0. The van der Waals surface area contributed by atoms with Gasteiger partial charge in [-0.15, -0.1) is 0 Å². The third-order valence-electron chi connectivity index (χ3n) is 8.86. The van der Waals surface area contributed by atoms with E-state index in [9.17, 15) is 9.59 Å². The number of carbonyl (C=O) groups is 2. The van der Waals surface area contributed by atoms with E-state index in [0.717, 1.165) is 18.3 Å². The van der Waals surface area contributed by atoms with Crippen LogP contribution in [-0.4, -0.2) is 54.6 Å². The molecular formula is C42H36I2O10. The van der Waals surface area contributed by atoms with Crippen molar-refractivity contribution < 1.29 is 47.5 Å². The SMILES string of the molecule is COC(=O)c1c(OCc2ccccc2)c(-c2c(OCc3ccccc3)c(C(=O)OC)c(OC)c3cc(OC)c(I)cc23)c2cc(I)c(OC)cc2c1OC. The predicted molar refractivity (Wildman–Crippen MR) is 223 cm³/mol. The molecule has 0 fully saturated rings. The third-order valence-corrected chi connectivity index (χ3v) is 10.5. The minimum absolute atomic E-state index is 0.0301. The summed E-state index contributed by atoms with van der Waals surface area (Å²) in [5.74, 6) is 0.419. The van der Waals surface area contributed by atoms with E-state index < -0.39 is 11.9 Å². The monoisotopic (exact) mass is 954 g/mol. The van der Waals surface area contributed by atoms with Crippen molar-refractivity contribution in [2.75, 3.05) is 42.7 Å². The van der Waals surface area contributed by atoms with Gasteiger partial charge in [0.2, 0.25) is 0 Å². The van der Waals surface area contributed by atoms with E-state index in [1.165, 1.54) is 28.4 Å². The Morgan fingerprint density at radius 1 is 0.481 bits per heavy atom. The Balaban J connectivity index is 1.89. The highest BCUT2D eigenvalue weighted by molar-refractivity contribution is 14.1. The molecule has 0 unspecified atom stereocenters. The first-order chi connectivity index (χ1) is 26.2. The van der Waals surface area contributed by atoms with Crippen LogP contribution in [0.3, 0.4) is 0 Å². The van der Waals surface area contributed by atoms with Crippen molar-refractivity contribution >= 4 is 78.7 Å². The predicted octanol–water partition coefficient (Wildman–Crippen LogP) is 9.63. The van der Waals surface area contributed by atoms with Crippen LogP contribution < -0.4 is 28.4 Å². The Labute approximate surface area is 339 Å². The quantitative estimate of drug-likeness (QED) is 0.0821. The van der Waals surface area contributed by atoms with Gasteiger partial charge in [-0.25, -0.2) is 9.59 Å². The van der Waals surface area contributed by atoms with Crippen LogP contribution in [-0.2, 0) is 22.7 Å². The third kappa shape index (κ3) is 7.28. The summed E-state index contributed by atoms with van der Waals surface area (Å²) in [7, 11) is 8.69. The van der Waals surface area contributed by atoms with Crippen LogP contribution in [0.1, 0.15) is 31.8 Å². The lowest BCUT2D eigenvalue weighted by molar-refractivity contribution is 0.0582. The first kappa shape index (κ1) is 38.8. The van der Waals surface area contributed by atoms with Gasteiger partial charge in [0.1, 0.15) is 58.8 Å². The smallest absolute Gasteiger partial charge is 0.345 e. The molecule has 6 aromatic rings. The summed E-state index contributed by atoms with van der Waals surface area (Å²) in [6.45, 7) is 0.145. The summed E-state index contributed by atoms with van der Waals surface area (Å²) in [5.41, 5.74) is 2.62. The van der Waals surface area contributed by atoms with Crippen LogP contribution in [0, 0.1) is 7.14 Å². The lowest BCUT2D eigenvalue weighted by Gasteiger charge is -2.26. The van der Waals surface area contributed by atoms with Crippen molar-refractivity contribution in [3.63, 3.8) is 0 Å². The number of methoxy groups -OCH3 is 6. The molecule has 0 bridgehead atoms. The zero-order valence-corrected chi connectivity index (χ0v) is 34.7. The molecule has 0 N–H and O–H groups in total. The number of hydrogen-bond donors (Lipinski definition) is 0. The second-order valence-electron chi connectivity index (χ2n) is 11.8. The van der Waals surface area contributed by atoms with Gasteiger partial charge in [0.25, 0.3) is 0 Å². The standard InChI is InChI=1S/C42H36I2O10/c1-47-31-19-27-25(17-29(31)43)33(39(35(37(27)49-3)41(45)51-5)53-21-23-13-9-7-10-14-23)34-26-18-30(44)32(48-2)20-28(26)38(50-4)36(42(46)52-6)40(34)54-22-24-15-11-8-12-16-24/h7-20H,21-22H2,1-6H3. The number of hydrogen-bond acceptors (Lipinski definition) is 10. The molecule has 0 aliphatic carbocycles. The Hall–Kier alpha value is -4.96. The average molecular weight is 955 g/mol. The molecule has 0 aliphatic rings. The van der Waals surface area contributed by atoms with Gasteiger partial charge in [-0.2, -0.15) is 0 Å². The molecule has 6 aromatic carbocycles. The molecule has 278 valence electrons. The number of rotatable bonds is 13. The molecule has 0 amide bonds. The molecule has 10 nitrogen and oxygen atoms in total. The first-order valence-corrected chi connectivity index (χ1v) is 18.7. The summed E-state index contributed by atoms with van der Waals surface area (Å²) >= 11 is 4.40. The van der Waals surface area contributed by atoms with Gasteiger partial charge in [0.15, 0.2) is 0 Å². The maximum absolute atomic E-state index is 14.0. The number of ether oxygens (including phenoxy) is 8. The molecule has 0 heterocycles. The van der Waals surface area contributed by atoms with Crippen LogP contribution in [0.15, 0.2) is 84.9 Å². The molecule has 0 radical (unpaired) electrons. The van der Waals surface area contributed by atoms with E-state index in [-0.39, 0.29) is 47.3 Å². The molecule has 0 aromatic heterocycles. The summed E-state index contributed by atoms with van der Waals surface area (Å²) in [6, 6.07) is 26.6. The van der Waals surface area contributed by atoms with Crippen molar-refractivity contribution in [2.24, 2.45) is 0 Å². The number of fused-ring (bicyclic) bond motifs is 2. The molecule has 12 heteroatoms. The largest absolute Gasteiger partial charge is 0.496 e. The summed E-state index contributed by atoms with van der Waals surface area (Å²) in [6.07, 6.45) is 0. The van der Waals surface area contributed by atoms with Gasteiger partial charge in [-0.3, -0.25) is 0 Å². The summed E-state index contributed by atoms with van der Waals surface area (Å²) < 4.78 is 49.4. The van der Waals surface area contributed by atoms with Gasteiger partial charge in [0.05, 0.1) is 49.8 Å². The topological polar surface area (TPSA) is 108 Å². The fourth-order valence-electron chi connectivity index (χ4n) is 6.42. The van der Waals surface area contributed by atoms with Crippen LogP contribution >= 0.6 is 45.2 Å². The minimum Gasteiger partial charge on any atom is -0.496 e. The Morgan fingerprint density at radius 2 is 0.852 bits per heavy atom. The molecule has 0 saturated carbocycles. The van der Waals surface area contributed by atoms with Crippen molar-refractivity contribution in [3.8, 4) is 45.6 Å². The normalized spacial score (nSPS) is 10.9. The van der Waals surface area contributed by atoms with E-state index in [1.807, 2.05) is 72.8 Å². The molecule has 0 atom stereocenters. The highest BCUT2D eigenvalue weighted by Crippen LogP contribution is 2.55. The number of benzene rings is 6. The second-order valence-corrected chi connectivity index (χ2v) is 14.1. The molecule has 0 aliphatic heterocycles. The lowest BCUT2D eigenvalue weighted by atomic mass is 9.87. The van der Waals surface area contributed by atoms with Gasteiger partial charge < -0.3 is 37.9 Å². The van der Waals surface area contributed by atoms with E-state index in [4.69, 9.17) is 37.9 Å². The van der Waals surface area contributed by atoms with Crippen LogP contribution in [0.25, 0.3) is 32.7 Å². The zero-order chi connectivity index (χ0) is 38.5. The van der Waals surface area contributed by atoms with Crippen LogP contribution in [0.5, 0.6) is 34.5 Å². The fraction of sp³-hybridized carbons (Fsp3) is 0.190.